The average molecular weight is 228 g/mol. The summed E-state index contributed by atoms with van der Waals surface area (Å²) in [5.41, 5.74) is -0.404. The van der Waals surface area contributed by atoms with Crippen LogP contribution in [0.3, 0.4) is 0 Å². The van der Waals surface area contributed by atoms with Crippen LogP contribution < -0.4 is 5.32 Å². The first kappa shape index (κ1) is 13.3. The molecule has 1 aliphatic heterocycles. The Bertz CT molecular complexity index is 234. The molecular weight excluding hydrogens is 204 g/mol. The summed E-state index contributed by atoms with van der Waals surface area (Å²) in [5, 5.41) is 3.14. The fourth-order valence-corrected chi connectivity index (χ4v) is 2.01. The SMILES string of the molecule is CNC[C@@H]1CCCCN1C(=O)OC(C)(C)C. The zero-order chi connectivity index (χ0) is 12.2. The van der Waals surface area contributed by atoms with E-state index in [0.29, 0.717) is 0 Å². The second kappa shape index (κ2) is 5.53. The summed E-state index contributed by atoms with van der Waals surface area (Å²) in [6.07, 6.45) is 3.18. The monoisotopic (exact) mass is 228 g/mol. The van der Waals surface area contributed by atoms with Gasteiger partial charge in [-0.3, -0.25) is 0 Å². The van der Waals surface area contributed by atoms with Gasteiger partial charge in [-0.05, 0) is 47.1 Å². The standard InChI is InChI=1S/C12H24N2O2/c1-12(2,3)16-11(15)14-8-6-5-7-10(14)9-13-4/h10,13H,5-9H2,1-4H3/t10-/m0/s1. The highest BCUT2D eigenvalue weighted by atomic mass is 16.6. The molecule has 0 bridgehead atoms. The number of amides is 1. The molecule has 0 aromatic heterocycles. The molecular formula is C12H24N2O2. The van der Waals surface area contributed by atoms with Crippen LogP contribution in [0.15, 0.2) is 0 Å². The molecule has 0 aliphatic carbocycles. The molecule has 4 heteroatoms. The third-order valence-electron chi connectivity index (χ3n) is 2.69. The van der Waals surface area contributed by atoms with Crippen LogP contribution in [-0.4, -0.2) is 42.8 Å². The van der Waals surface area contributed by atoms with Crippen molar-refractivity contribution in [2.75, 3.05) is 20.1 Å². The lowest BCUT2D eigenvalue weighted by molar-refractivity contribution is 0.0102. The van der Waals surface area contributed by atoms with Gasteiger partial charge in [0, 0.05) is 19.1 Å². The highest BCUT2D eigenvalue weighted by molar-refractivity contribution is 5.68. The number of piperidine rings is 1. The van der Waals surface area contributed by atoms with Crippen molar-refractivity contribution in [1.29, 1.82) is 0 Å². The van der Waals surface area contributed by atoms with E-state index in [-0.39, 0.29) is 12.1 Å². The van der Waals surface area contributed by atoms with Crippen LogP contribution in [0.5, 0.6) is 0 Å². The van der Waals surface area contributed by atoms with Crippen LogP contribution >= 0.6 is 0 Å². The molecule has 1 aliphatic rings. The predicted molar refractivity (Wildman–Crippen MR) is 64.5 cm³/mol. The van der Waals surface area contributed by atoms with E-state index in [0.717, 1.165) is 25.9 Å². The Morgan fingerprint density at radius 1 is 1.44 bits per heavy atom. The van der Waals surface area contributed by atoms with E-state index in [1.165, 1.54) is 6.42 Å². The van der Waals surface area contributed by atoms with Gasteiger partial charge in [0.1, 0.15) is 5.60 Å². The van der Waals surface area contributed by atoms with Crippen LogP contribution in [0.4, 0.5) is 4.79 Å². The van der Waals surface area contributed by atoms with Crippen molar-refractivity contribution in [2.45, 2.75) is 51.7 Å². The first-order chi connectivity index (χ1) is 7.44. The average Bonchev–Trinajstić information content (AvgIpc) is 2.16. The molecule has 94 valence electrons. The van der Waals surface area contributed by atoms with Crippen LogP contribution in [-0.2, 0) is 4.74 Å². The minimum absolute atomic E-state index is 0.174. The van der Waals surface area contributed by atoms with Gasteiger partial charge in [-0.2, -0.15) is 0 Å². The molecule has 0 saturated carbocycles. The molecule has 4 nitrogen and oxygen atoms in total. The molecule has 0 aromatic rings. The molecule has 0 spiro atoms. The van der Waals surface area contributed by atoms with Gasteiger partial charge in [-0.1, -0.05) is 0 Å². The van der Waals surface area contributed by atoms with Gasteiger partial charge in [0.15, 0.2) is 0 Å². The molecule has 1 heterocycles. The van der Waals surface area contributed by atoms with Crippen LogP contribution in [0, 0.1) is 0 Å². The minimum atomic E-state index is -0.404. The lowest BCUT2D eigenvalue weighted by Crippen LogP contribution is -2.49. The van der Waals surface area contributed by atoms with E-state index in [9.17, 15) is 4.79 Å². The number of nitrogens with one attached hydrogen (secondary N) is 1. The Morgan fingerprint density at radius 3 is 2.69 bits per heavy atom. The number of ether oxygens (including phenoxy) is 1. The maximum atomic E-state index is 12.0. The van der Waals surface area contributed by atoms with Crippen molar-refractivity contribution in [2.24, 2.45) is 0 Å². The largest absolute Gasteiger partial charge is 0.444 e. The van der Waals surface area contributed by atoms with Crippen molar-refractivity contribution in [1.82, 2.24) is 10.2 Å². The predicted octanol–water partition coefficient (Wildman–Crippen LogP) is 2.00. The molecule has 0 aromatic carbocycles. The molecule has 0 unspecified atom stereocenters. The normalized spacial score (nSPS) is 22.0. The van der Waals surface area contributed by atoms with Gasteiger partial charge < -0.3 is 15.0 Å². The van der Waals surface area contributed by atoms with E-state index in [4.69, 9.17) is 4.74 Å². The number of nitrogens with zero attached hydrogens (tertiary/aromatic N) is 1. The van der Waals surface area contributed by atoms with E-state index in [1.807, 2.05) is 32.7 Å². The summed E-state index contributed by atoms with van der Waals surface area (Å²) in [6.45, 7) is 7.38. The van der Waals surface area contributed by atoms with Gasteiger partial charge in [-0.15, -0.1) is 0 Å². The lowest BCUT2D eigenvalue weighted by Gasteiger charge is -2.36. The quantitative estimate of drug-likeness (QED) is 0.786. The molecule has 0 radical (unpaired) electrons. The fraction of sp³-hybridized carbons (Fsp3) is 0.917. The number of likely N-dealkylation sites (tertiary alicyclic amines) is 1. The Hall–Kier alpha value is -0.770. The van der Waals surface area contributed by atoms with Crippen LogP contribution in [0.2, 0.25) is 0 Å². The highest BCUT2D eigenvalue weighted by Gasteiger charge is 2.29. The maximum Gasteiger partial charge on any atom is 0.410 e. The molecule has 1 fully saturated rings. The number of rotatable bonds is 2. The van der Waals surface area contributed by atoms with Crippen molar-refractivity contribution < 1.29 is 9.53 Å². The summed E-state index contributed by atoms with van der Waals surface area (Å²) in [6, 6.07) is 0.286. The second-order valence-electron chi connectivity index (χ2n) is 5.38. The Labute approximate surface area is 98.3 Å². The Morgan fingerprint density at radius 2 is 2.12 bits per heavy atom. The molecule has 1 N–H and O–H groups in total. The fourth-order valence-electron chi connectivity index (χ4n) is 2.01. The molecule has 1 saturated heterocycles. The minimum Gasteiger partial charge on any atom is -0.444 e. The van der Waals surface area contributed by atoms with E-state index < -0.39 is 5.60 Å². The van der Waals surface area contributed by atoms with Crippen molar-refractivity contribution in [3.8, 4) is 0 Å². The van der Waals surface area contributed by atoms with Crippen molar-refractivity contribution in [3.05, 3.63) is 0 Å². The molecule has 1 atom stereocenters. The van der Waals surface area contributed by atoms with Crippen molar-refractivity contribution in [3.63, 3.8) is 0 Å². The summed E-state index contributed by atoms with van der Waals surface area (Å²) in [5.74, 6) is 0. The van der Waals surface area contributed by atoms with Crippen molar-refractivity contribution >= 4 is 6.09 Å². The summed E-state index contributed by atoms with van der Waals surface area (Å²) >= 11 is 0. The maximum absolute atomic E-state index is 12.0. The molecule has 1 amide bonds. The van der Waals surface area contributed by atoms with Gasteiger partial charge in [0.05, 0.1) is 0 Å². The van der Waals surface area contributed by atoms with E-state index in [2.05, 4.69) is 5.32 Å². The number of hydrogen-bond donors (Lipinski definition) is 1. The summed E-state index contributed by atoms with van der Waals surface area (Å²) in [4.78, 5) is 13.8. The zero-order valence-corrected chi connectivity index (χ0v) is 10.9. The topological polar surface area (TPSA) is 41.6 Å². The van der Waals surface area contributed by atoms with Gasteiger partial charge in [-0.25, -0.2) is 4.79 Å². The summed E-state index contributed by atoms with van der Waals surface area (Å²) < 4.78 is 5.41. The van der Waals surface area contributed by atoms with E-state index in [1.54, 1.807) is 0 Å². The molecule has 1 rings (SSSR count). The van der Waals surface area contributed by atoms with E-state index >= 15 is 0 Å². The van der Waals surface area contributed by atoms with Gasteiger partial charge in [0.2, 0.25) is 0 Å². The third-order valence-corrected chi connectivity index (χ3v) is 2.69. The number of carbonyl (C=O) groups excluding carboxylic acids is 1. The van der Waals surface area contributed by atoms with Crippen LogP contribution in [0.1, 0.15) is 40.0 Å². The first-order valence-corrected chi connectivity index (χ1v) is 6.08. The molecule has 16 heavy (non-hydrogen) atoms. The number of hydrogen-bond acceptors (Lipinski definition) is 3. The second-order valence-corrected chi connectivity index (χ2v) is 5.38. The lowest BCUT2D eigenvalue weighted by atomic mass is 10.0. The van der Waals surface area contributed by atoms with Crippen LogP contribution in [0.25, 0.3) is 0 Å². The zero-order valence-electron chi connectivity index (χ0n) is 10.9. The first-order valence-electron chi connectivity index (χ1n) is 6.08. The third kappa shape index (κ3) is 4.00. The summed E-state index contributed by atoms with van der Waals surface area (Å²) in [7, 11) is 1.92. The van der Waals surface area contributed by atoms with Gasteiger partial charge >= 0.3 is 6.09 Å². The number of carbonyl (C=O) groups is 1. The Balaban J connectivity index is 2.57. The smallest absolute Gasteiger partial charge is 0.410 e. The highest BCUT2D eigenvalue weighted by Crippen LogP contribution is 2.19. The Kier molecular flexibility index (Phi) is 4.59. The number of likely N-dealkylation sites (N-methyl/N-ethyl adjacent to an activating group) is 1. The van der Waals surface area contributed by atoms with Gasteiger partial charge in [0.25, 0.3) is 0 Å².